The van der Waals surface area contributed by atoms with E-state index in [0.29, 0.717) is 30.8 Å². The zero-order valence-corrected chi connectivity index (χ0v) is 29.3. The highest BCUT2D eigenvalue weighted by Gasteiger charge is 2.51. The van der Waals surface area contributed by atoms with Gasteiger partial charge in [-0.15, -0.1) is 0 Å². The number of hydrogen-bond acceptors (Lipinski definition) is 15. The summed E-state index contributed by atoms with van der Waals surface area (Å²) in [6, 6.07) is 8.38. The van der Waals surface area contributed by atoms with Crippen LogP contribution in [0.3, 0.4) is 0 Å². The molecule has 3 heterocycles. The Morgan fingerprint density at radius 2 is 1.47 bits per heavy atom. The summed E-state index contributed by atoms with van der Waals surface area (Å²) >= 11 is 0. The summed E-state index contributed by atoms with van der Waals surface area (Å²) in [7, 11) is 0. The second kappa shape index (κ2) is 18.3. The van der Waals surface area contributed by atoms with Crippen molar-refractivity contribution < 1.29 is 69.0 Å². The van der Waals surface area contributed by atoms with Crippen molar-refractivity contribution >= 4 is 11.0 Å². The summed E-state index contributed by atoms with van der Waals surface area (Å²) in [4.78, 5) is 11.5. The van der Waals surface area contributed by atoms with E-state index in [0.717, 1.165) is 29.4 Å². The molecule has 0 radical (unpaired) electrons. The average molecular weight is 725 g/mol. The Morgan fingerprint density at radius 1 is 0.843 bits per heavy atom. The van der Waals surface area contributed by atoms with Gasteiger partial charge in [-0.3, -0.25) is 0 Å². The number of rotatable bonds is 16. The first-order chi connectivity index (χ1) is 24.1. The van der Waals surface area contributed by atoms with Crippen LogP contribution in [-0.4, -0.2) is 134 Å². The van der Waals surface area contributed by atoms with E-state index in [1.54, 1.807) is 12.1 Å². The highest BCUT2D eigenvalue weighted by molar-refractivity contribution is 5.77. The number of aliphatic hydroxyl groups is 8. The molecule has 2 fully saturated rings. The van der Waals surface area contributed by atoms with Gasteiger partial charge in [0.25, 0.3) is 0 Å². The molecule has 0 bridgehead atoms. The van der Waals surface area contributed by atoms with Crippen LogP contribution in [0.1, 0.15) is 53.4 Å². The fourth-order valence-corrected chi connectivity index (χ4v) is 5.92. The van der Waals surface area contributed by atoms with Crippen LogP contribution in [0.15, 0.2) is 62.8 Å². The molecule has 8 N–H and O–H groups in total. The van der Waals surface area contributed by atoms with E-state index in [1.807, 2.05) is 32.1 Å². The average Bonchev–Trinajstić information content (AvgIpc) is 3.08. The van der Waals surface area contributed by atoms with Gasteiger partial charge in [0.15, 0.2) is 12.6 Å². The van der Waals surface area contributed by atoms with Crippen molar-refractivity contribution in [2.24, 2.45) is 0 Å². The molecule has 0 spiro atoms. The molecule has 2 aliphatic heterocycles. The van der Waals surface area contributed by atoms with Crippen molar-refractivity contribution in [3.8, 4) is 5.75 Å². The predicted octanol–water partition coefficient (Wildman–Crippen LogP) is 0.405. The Kier molecular flexibility index (Phi) is 14.7. The molecule has 0 aliphatic carbocycles. The maximum absolute atomic E-state index is 11.5. The molecule has 2 aromatic rings. The quantitative estimate of drug-likeness (QED) is 0.0864. The monoisotopic (exact) mass is 724 g/mol. The molecule has 15 nitrogen and oxygen atoms in total. The number of allylic oxidation sites excluding steroid dienone is 3. The minimum Gasteiger partial charge on any atom is -0.489 e. The molecule has 2 saturated heterocycles. The molecule has 1 aromatic heterocycles. The summed E-state index contributed by atoms with van der Waals surface area (Å²) in [5.41, 5.74) is 0.741. The SMILES string of the molecule is CC(=CCOc1ccc2ccc(=O)oc2c1)CCC=C(C)CC[C@H](O[C@H]1O[C@@H](CO)[C@H](O)[C@@H](O)[C@@H]1O[C@H]1O[C@@H](CO)[C@H](O)[C@@H](O)[C@@H]1O)C(C)(C)O. The van der Waals surface area contributed by atoms with Crippen LogP contribution in [0.4, 0.5) is 0 Å². The van der Waals surface area contributed by atoms with Crippen molar-refractivity contribution in [3.05, 3.63) is 64.1 Å². The number of aliphatic hydroxyl groups excluding tert-OH is 7. The molecule has 4 rings (SSSR count). The Balaban J connectivity index is 1.34. The van der Waals surface area contributed by atoms with Crippen molar-refractivity contribution in [2.45, 2.75) is 126 Å². The minimum absolute atomic E-state index is 0.301. The number of benzene rings is 1. The zero-order chi connectivity index (χ0) is 37.5. The van der Waals surface area contributed by atoms with Gasteiger partial charge in [-0.2, -0.15) is 0 Å². The third-order valence-corrected chi connectivity index (χ3v) is 9.16. The van der Waals surface area contributed by atoms with E-state index >= 15 is 0 Å². The lowest BCUT2D eigenvalue weighted by Crippen LogP contribution is -2.65. The highest BCUT2D eigenvalue weighted by atomic mass is 16.8. The summed E-state index contributed by atoms with van der Waals surface area (Å²) in [5.74, 6) is 0.586. The lowest BCUT2D eigenvalue weighted by atomic mass is 9.94. The maximum atomic E-state index is 11.5. The van der Waals surface area contributed by atoms with Gasteiger partial charge in [0.1, 0.15) is 66.8 Å². The second-order valence-corrected chi connectivity index (χ2v) is 13.7. The van der Waals surface area contributed by atoms with Crippen LogP contribution >= 0.6 is 0 Å². The first-order valence-corrected chi connectivity index (χ1v) is 17.1. The fraction of sp³-hybridized carbons (Fsp3) is 0.639. The molecule has 0 saturated carbocycles. The zero-order valence-electron chi connectivity index (χ0n) is 29.3. The normalized spacial score (nSPS) is 31.5. The van der Waals surface area contributed by atoms with Gasteiger partial charge in [-0.25, -0.2) is 4.79 Å². The topological polar surface area (TPSA) is 238 Å². The third kappa shape index (κ3) is 10.9. The molecular formula is C36H52O15. The standard InChI is InChI=1S/C36H52O15/c1-19(6-5-7-20(2)14-15-46-22-11-9-21-10-13-27(39)47-23(21)16-22)8-12-26(36(3,4)45)50-35-33(31(43)29(41)25(18-38)49-35)51-34-32(44)30(42)28(40)24(17-37)48-34/h6,9-11,13-14,16,24-26,28-35,37-38,40-45H,5,7-8,12,15,17-18H2,1-4H3/t24-,25-,26-,28-,29-,30+,31+,32-,33-,34+,35+/m0/s1. The van der Waals surface area contributed by atoms with E-state index in [4.69, 9.17) is 28.1 Å². The van der Waals surface area contributed by atoms with Crippen molar-refractivity contribution in [1.29, 1.82) is 0 Å². The van der Waals surface area contributed by atoms with Crippen LogP contribution in [-0.2, 0) is 18.9 Å². The first-order valence-electron chi connectivity index (χ1n) is 17.1. The Hall–Kier alpha value is -2.77. The second-order valence-electron chi connectivity index (χ2n) is 13.7. The Bertz CT molecular complexity index is 1510. The number of hydrogen-bond donors (Lipinski definition) is 8. The van der Waals surface area contributed by atoms with Crippen molar-refractivity contribution in [3.63, 3.8) is 0 Å². The van der Waals surface area contributed by atoms with Crippen LogP contribution < -0.4 is 10.4 Å². The van der Waals surface area contributed by atoms with E-state index in [2.05, 4.69) is 6.08 Å². The van der Waals surface area contributed by atoms with E-state index < -0.39 is 92.0 Å². The molecule has 0 amide bonds. The largest absolute Gasteiger partial charge is 0.489 e. The Morgan fingerprint density at radius 3 is 2.14 bits per heavy atom. The summed E-state index contributed by atoms with van der Waals surface area (Å²) in [6.07, 6.45) is -10.4. The number of ether oxygens (including phenoxy) is 5. The smallest absolute Gasteiger partial charge is 0.336 e. The van der Waals surface area contributed by atoms with E-state index in [-0.39, 0.29) is 0 Å². The van der Waals surface area contributed by atoms with E-state index in [9.17, 15) is 45.6 Å². The molecule has 15 heteroatoms. The molecule has 0 unspecified atom stereocenters. The molecule has 51 heavy (non-hydrogen) atoms. The first kappa shape index (κ1) is 41.0. The molecule has 286 valence electrons. The van der Waals surface area contributed by atoms with Gasteiger partial charge in [0.05, 0.1) is 24.9 Å². The summed E-state index contributed by atoms with van der Waals surface area (Å²) in [6.45, 7) is 5.97. The van der Waals surface area contributed by atoms with Crippen LogP contribution in [0.25, 0.3) is 11.0 Å². The molecule has 2 aliphatic rings. The van der Waals surface area contributed by atoms with Gasteiger partial charge in [0.2, 0.25) is 0 Å². The Labute approximate surface area is 295 Å². The summed E-state index contributed by atoms with van der Waals surface area (Å²) in [5, 5.41) is 83.5. The van der Waals surface area contributed by atoms with Crippen molar-refractivity contribution in [2.75, 3.05) is 19.8 Å². The lowest BCUT2D eigenvalue weighted by Gasteiger charge is -2.47. The van der Waals surface area contributed by atoms with E-state index in [1.165, 1.54) is 19.9 Å². The van der Waals surface area contributed by atoms with Gasteiger partial charge in [-0.05, 0) is 77.7 Å². The lowest BCUT2D eigenvalue weighted by molar-refractivity contribution is -0.375. The van der Waals surface area contributed by atoms with Crippen LogP contribution in [0, 0.1) is 0 Å². The molecule has 11 atom stereocenters. The predicted molar refractivity (Wildman–Crippen MR) is 182 cm³/mol. The number of fused-ring (bicyclic) bond motifs is 1. The van der Waals surface area contributed by atoms with Crippen LogP contribution in [0.2, 0.25) is 0 Å². The maximum Gasteiger partial charge on any atom is 0.336 e. The minimum atomic E-state index is -1.80. The molecular weight excluding hydrogens is 672 g/mol. The fourth-order valence-electron chi connectivity index (χ4n) is 5.92. The van der Waals surface area contributed by atoms with Crippen LogP contribution in [0.5, 0.6) is 5.75 Å². The third-order valence-electron chi connectivity index (χ3n) is 9.16. The van der Waals surface area contributed by atoms with Gasteiger partial charge >= 0.3 is 5.63 Å². The van der Waals surface area contributed by atoms with Crippen molar-refractivity contribution in [1.82, 2.24) is 0 Å². The van der Waals surface area contributed by atoms with Gasteiger partial charge < -0.3 is 69.0 Å². The van der Waals surface area contributed by atoms with Gasteiger partial charge in [0, 0.05) is 17.5 Å². The summed E-state index contributed by atoms with van der Waals surface area (Å²) < 4.78 is 34.1. The highest BCUT2D eigenvalue weighted by Crippen LogP contribution is 2.32. The molecule has 1 aromatic carbocycles. The van der Waals surface area contributed by atoms with Gasteiger partial charge in [-0.1, -0.05) is 17.2 Å².